The Morgan fingerprint density at radius 3 is 1.08 bits per heavy atom. The fourth-order valence-electron chi connectivity index (χ4n) is 1.34. The molecule has 0 saturated carbocycles. The molecule has 0 fully saturated rings. The van der Waals surface area contributed by atoms with E-state index in [9.17, 15) is 0 Å². The number of hydrogen-bond acceptors (Lipinski definition) is 0. The molecule has 0 heterocycles. The van der Waals surface area contributed by atoms with E-state index < -0.39 is 22.3 Å². The zero-order valence-electron chi connectivity index (χ0n) is 10.1. The van der Waals surface area contributed by atoms with Crippen molar-refractivity contribution < 1.29 is 0 Å². The van der Waals surface area contributed by atoms with Crippen LogP contribution in [-0.4, -0.2) is 22.3 Å². The molecule has 0 rings (SSSR count). The first-order valence-corrected chi connectivity index (χ1v) is 16.0. The van der Waals surface area contributed by atoms with Gasteiger partial charge in [-0.1, -0.05) is 39.3 Å². The molecular weight excluding hydrogens is 204 g/mol. The fourth-order valence-corrected chi connectivity index (χ4v) is 28.8. The molecule has 0 aromatic rings. The molecule has 0 saturated heterocycles. The lowest BCUT2D eigenvalue weighted by Gasteiger charge is -2.45. The van der Waals surface area contributed by atoms with Gasteiger partial charge in [-0.2, -0.15) is 0 Å². The van der Waals surface area contributed by atoms with E-state index in [1.54, 1.807) is 0 Å². The Morgan fingerprint density at radius 2 is 0.923 bits per heavy atom. The lowest BCUT2D eigenvalue weighted by atomic mass is 11.3. The van der Waals surface area contributed by atoms with E-state index in [1.165, 1.54) is 0 Å². The lowest BCUT2D eigenvalue weighted by Crippen LogP contribution is -2.68. The second kappa shape index (κ2) is 3.71. The van der Waals surface area contributed by atoms with Crippen LogP contribution in [-0.2, 0) is 0 Å². The predicted octanol–water partition coefficient (Wildman–Crippen LogP) is 3.72. The minimum absolute atomic E-state index is 1.12. The Bertz CT molecular complexity index is 192. The summed E-state index contributed by atoms with van der Waals surface area (Å²) >= 11 is 0. The van der Waals surface area contributed by atoms with E-state index in [1.807, 2.05) is 0 Å². The smallest absolute Gasteiger partial charge is 0.0618 e. The molecule has 0 aromatic carbocycles. The van der Waals surface area contributed by atoms with Gasteiger partial charge in [-0.05, 0) is 0 Å². The Hall–Kier alpha value is 0.131. The van der Waals surface area contributed by atoms with Gasteiger partial charge in [0, 0.05) is 7.11 Å². The van der Waals surface area contributed by atoms with Gasteiger partial charge in [-0.25, -0.2) is 0 Å². The van der Waals surface area contributed by atoms with Crippen molar-refractivity contribution in [1.29, 1.82) is 0 Å². The second-order valence-electron chi connectivity index (χ2n) is 5.48. The summed E-state index contributed by atoms with van der Waals surface area (Å²) in [6.07, 6.45) is 0. The lowest BCUT2D eigenvalue weighted by molar-refractivity contribution is 1.78. The van der Waals surface area contributed by atoms with Crippen molar-refractivity contribution in [2.24, 2.45) is 0 Å². The van der Waals surface area contributed by atoms with E-state index in [0.717, 1.165) is 0 Å². The van der Waals surface area contributed by atoms with Crippen molar-refractivity contribution >= 4 is 22.3 Å². The topological polar surface area (TPSA) is 0 Å². The first kappa shape index (κ1) is 13.1. The predicted molar refractivity (Wildman–Crippen MR) is 72.8 cm³/mol. The molecule has 0 bridgehead atoms. The Balaban J connectivity index is 5.18. The molecule has 0 aromatic heterocycles. The highest BCUT2D eigenvalue weighted by Gasteiger charge is 2.48. The quantitative estimate of drug-likeness (QED) is 0.644. The van der Waals surface area contributed by atoms with Gasteiger partial charge in [0.25, 0.3) is 0 Å². The second-order valence-corrected chi connectivity index (χ2v) is 33.2. The minimum Gasteiger partial charge on any atom is -0.107 e. The zero-order chi connectivity index (χ0) is 10.9. The van der Waals surface area contributed by atoms with Crippen molar-refractivity contribution in [3.05, 3.63) is 24.6 Å². The molecule has 3 heteroatoms. The Labute approximate surface area is 86.4 Å². The number of rotatable bonds is 4. The normalized spacial score (nSPS) is 14.0. The Morgan fingerprint density at radius 1 is 0.692 bits per heavy atom. The van der Waals surface area contributed by atoms with Crippen LogP contribution in [0.3, 0.4) is 0 Å². The summed E-state index contributed by atoms with van der Waals surface area (Å²) < 4.78 is 0. The third-order valence-electron chi connectivity index (χ3n) is 4.24. The summed E-state index contributed by atoms with van der Waals surface area (Å²) in [6.45, 7) is 23.0. The highest BCUT2D eigenvalue weighted by molar-refractivity contribution is 7.70. The first-order valence-electron chi connectivity index (χ1n) is 4.89. The molecule has 0 amide bonds. The van der Waals surface area contributed by atoms with Crippen LogP contribution >= 0.6 is 0 Å². The van der Waals surface area contributed by atoms with Crippen molar-refractivity contribution in [2.75, 3.05) is 0 Å². The summed E-state index contributed by atoms with van der Waals surface area (Å²) in [5.74, 6) is 0. The standard InChI is InChI=1S/C10H24Si3/c1-9-11(3,4)13(7,8)12(5,6)10-2/h9-10H,1-2H2,3-8H3. The highest BCUT2D eigenvalue weighted by atomic mass is 29.6. The van der Waals surface area contributed by atoms with E-state index in [-0.39, 0.29) is 0 Å². The van der Waals surface area contributed by atoms with Crippen LogP contribution in [0.15, 0.2) is 24.6 Å². The van der Waals surface area contributed by atoms with Gasteiger partial charge in [0.1, 0.15) is 0 Å². The Kier molecular flexibility index (Phi) is 3.75. The highest BCUT2D eigenvalue weighted by Crippen LogP contribution is 2.29. The van der Waals surface area contributed by atoms with Gasteiger partial charge < -0.3 is 0 Å². The van der Waals surface area contributed by atoms with Crippen LogP contribution in [0.4, 0.5) is 0 Å². The summed E-state index contributed by atoms with van der Waals surface area (Å²) in [5, 5.41) is 0. The summed E-state index contributed by atoms with van der Waals surface area (Å²) in [6, 6.07) is 0. The third kappa shape index (κ3) is 2.14. The molecule has 0 nitrogen and oxygen atoms in total. The van der Waals surface area contributed by atoms with Gasteiger partial charge >= 0.3 is 0 Å². The SMILES string of the molecule is C=C[Si](C)(C)[Si](C)(C)[Si](C)(C)C=C. The molecule has 0 atom stereocenters. The van der Waals surface area contributed by atoms with Gasteiger partial charge in [0.05, 0.1) is 15.2 Å². The first-order chi connectivity index (χ1) is 5.62. The number of hydrogen-bond donors (Lipinski definition) is 0. The molecule has 0 aliphatic heterocycles. The molecule has 13 heavy (non-hydrogen) atoms. The molecule has 0 unspecified atom stereocenters. The molecule has 0 N–H and O–H groups in total. The summed E-state index contributed by atoms with van der Waals surface area (Å²) in [5.41, 5.74) is 4.55. The van der Waals surface area contributed by atoms with E-state index in [2.05, 4.69) is 63.8 Å². The average Bonchev–Trinajstić information content (AvgIpc) is 2.03. The maximum atomic E-state index is 4.03. The monoisotopic (exact) mass is 228 g/mol. The molecule has 0 radical (unpaired) electrons. The van der Waals surface area contributed by atoms with Crippen molar-refractivity contribution in [3.8, 4) is 0 Å². The van der Waals surface area contributed by atoms with E-state index in [4.69, 9.17) is 0 Å². The molecule has 0 aliphatic carbocycles. The van der Waals surface area contributed by atoms with Crippen molar-refractivity contribution in [1.82, 2.24) is 0 Å². The maximum absolute atomic E-state index is 4.03. The average molecular weight is 229 g/mol. The van der Waals surface area contributed by atoms with Crippen LogP contribution in [0.1, 0.15) is 0 Å². The zero-order valence-corrected chi connectivity index (χ0v) is 13.1. The maximum Gasteiger partial charge on any atom is 0.0618 e. The largest absolute Gasteiger partial charge is 0.107 e. The van der Waals surface area contributed by atoms with Crippen LogP contribution in [0.5, 0.6) is 0 Å². The molecular formula is C10H24Si3. The van der Waals surface area contributed by atoms with Gasteiger partial charge in [0.15, 0.2) is 0 Å². The van der Waals surface area contributed by atoms with Crippen LogP contribution < -0.4 is 0 Å². The van der Waals surface area contributed by atoms with Gasteiger partial charge in [0.2, 0.25) is 0 Å². The minimum atomic E-state index is -1.17. The summed E-state index contributed by atoms with van der Waals surface area (Å²) in [4.78, 5) is 0. The van der Waals surface area contributed by atoms with Crippen LogP contribution in [0.2, 0.25) is 39.3 Å². The van der Waals surface area contributed by atoms with Crippen LogP contribution in [0, 0.1) is 0 Å². The third-order valence-corrected chi connectivity index (χ3v) is 44.9. The van der Waals surface area contributed by atoms with Crippen LogP contribution in [0.25, 0.3) is 0 Å². The fraction of sp³-hybridized carbons (Fsp3) is 0.600. The molecule has 0 spiro atoms. The van der Waals surface area contributed by atoms with E-state index >= 15 is 0 Å². The van der Waals surface area contributed by atoms with E-state index in [0.29, 0.717) is 0 Å². The van der Waals surface area contributed by atoms with Crippen molar-refractivity contribution in [2.45, 2.75) is 39.3 Å². The van der Waals surface area contributed by atoms with Gasteiger partial charge in [-0.15, -0.1) is 24.6 Å². The van der Waals surface area contributed by atoms with Crippen molar-refractivity contribution in [3.63, 3.8) is 0 Å². The summed E-state index contributed by atoms with van der Waals surface area (Å²) in [7, 11) is -3.45. The van der Waals surface area contributed by atoms with Gasteiger partial charge in [-0.3, -0.25) is 0 Å². The molecule has 0 aliphatic rings. The molecule has 76 valence electrons.